The third-order valence-electron chi connectivity index (χ3n) is 2.60. The smallest absolute Gasteiger partial charge is 0.337 e. The van der Waals surface area contributed by atoms with Gasteiger partial charge in [0.2, 0.25) is 0 Å². The van der Waals surface area contributed by atoms with Crippen molar-refractivity contribution in [3.05, 3.63) is 27.7 Å². The summed E-state index contributed by atoms with van der Waals surface area (Å²) in [7, 11) is -2.12. The number of halogens is 2. The lowest BCUT2D eigenvalue weighted by atomic mass is 10.2. The molecule has 0 spiro atoms. The van der Waals surface area contributed by atoms with Gasteiger partial charge in [0, 0.05) is 13.7 Å². The van der Waals surface area contributed by atoms with Gasteiger partial charge < -0.3 is 9.84 Å². The second kappa shape index (κ2) is 7.26. The Kier molecular flexibility index (Phi) is 6.26. The molecule has 112 valence electrons. The highest BCUT2D eigenvalue weighted by Gasteiger charge is 2.22. The van der Waals surface area contributed by atoms with Crippen LogP contribution in [-0.4, -0.2) is 39.0 Å². The predicted molar refractivity (Wildman–Crippen MR) is 76.6 cm³/mol. The maximum Gasteiger partial charge on any atom is 0.337 e. The Bertz CT molecular complexity index is 598. The van der Waals surface area contributed by atoms with Crippen molar-refractivity contribution in [1.29, 1.82) is 0 Å². The van der Waals surface area contributed by atoms with Crippen molar-refractivity contribution in [3.63, 3.8) is 0 Å². The van der Waals surface area contributed by atoms with Crippen molar-refractivity contribution in [3.8, 4) is 0 Å². The molecule has 0 unspecified atom stereocenters. The number of sulfone groups is 1. The molecule has 0 heterocycles. The van der Waals surface area contributed by atoms with Crippen molar-refractivity contribution in [2.45, 2.75) is 17.7 Å². The van der Waals surface area contributed by atoms with Crippen molar-refractivity contribution in [2.24, 2.45) is 0 Å². The van der Waals surface area contributed by atoms with Crippen LogP contribution in [0.25, 0.3) is 0 Å². The van der Waals surface area contributed by atoms with Gasteiger partial charge in [-0.2, -0.15) is 0 Å². The van der Waals surface area contributed by atoms with Gasteiger partial charge in [-0.05, 0) is 25.0 Å². The number of carboxylic acids is 1. The van der Waals surface area contributed by atoms with E-state index < -0.39 is 15.8 Å². The Morgan fingerprint density at radius 3 is 2.45 bits per heavy atom. The number of aromatic carboxylic acids is 1. The number of hydrogen-bond acceptors (Lipinski definition) is 4. The predicted octanol–water partition coefficient (Wildman–Crippen LogP) is 2.89. The lowest BCUT2D eigenvalue weighted by Crippen LogP contribution is -2.10. The van der Waals surface area contributed by atoms with Crippen LogP contribution in [0.4, 0.5) is 0 Å². The molecule has 5 nitrogen and oxygen atoms in total. The average molecular weight is 341 g/mol. The number of carboxylic acid groups (broad SMARTS) is 1. The molecule has 0 aliphatic rings. The van der Waals surface area contributed by atoms with Gasteiger partial charge in [0.25, 0.3) is 0 Å². The molecule has 0 atom stereocenters. The molecule has 0 amide bonds. The Labute approximate surface area is 127 Å². The molecule has 8 heteroatoms. The first-order valence-electron chi connectivity index (χ1n) is 5.73. The van der Waals surface area contributed by atoms with Crippen LogP contribution in [0.1, 0.15) is 23.2 Å². The van der Waals surface area contributed by atoms with Gasteiger partial charge in [-0.1, -0.05) is 23.2 Å². The van der Waals surface area contributed by atoms with E-state index in [4.69, 9.17) is 33.0 Å². The molecular formula is C12H14Cl2O5S. The Balaban J connectivity index is 3.05. The summed E-state index contributed by atoms with van der Waals surface area (Å²) in [6, 6.07) is 2.13. The second-order valence-electron chi connectivity index (χ2n) is 4.09. The summed E-state index contributed by atoms with van der Waals surface area (Å²) in [5.74, 6) is -1.43. The van der Waals surface area contributed by atoms with E-state index in [1.54, 1.807) is 0 Å². The fourth-order valence-corrected chi connectivity index (χ4v) is 3.85. The second-order valence-corrected chi connectivity index (χ2v) is 6.98. The SMILES string of the molecule is COCCCCS(=O)(=O)c1cc(C(=O)O)c(Cl)cc1Cl. The number of unbranched alkanes of at least 4 members (excludes halogenated alkanes) is 1. The first kappa shape index (κ1) is 17.2. The van der Waals surface area contributed by atoms with Crippen LogP contribution in [0.3, 0.4) is 0 Å². The van der Waals surface area contributed by atoms with Gasteiger partial charge in [-0.3, -0.25) is 0 Å². The molecule has 0 saturated carbocycles. The van der Waals surface area contributed by atoms with E-state index in [1.165, 1.54) is 7.11 Å². The zero-order chi connectivity index (χ0) is 15.3. The first-order valence-corrected chi connectivity index (χ1v) is 8.14. The van der Waals surface area contributed by atoms with Gasteiger partial charge in [0.15, 0.2) is 9.84 Å². The minimum absolute atomic E-state index is 0.0771. The summed E-state index contributed by atoms with van der Waals surface area (Å²) in [5, 5.41) is 8.78. The number of hydrogen-bond donors (Lipinski definition) is 1. The molecule has 0 saturated heterocycles. The van der Waals surface area contributed by atoms with E-state index in [-0.39, 0.29) is 26.3 Å². The Morgan fingerprint density at radius 1 is 1.25 bits per heavy atom. The molecular weight excluding hydrogens is 327 g/mol. The minimum atomic E-state index is -3.65. The van der Waals surface area contributed by atoms with E-state index in [0.29, 0.717) is 19.4 Å². The van der Waals surface area contributed by atoms with Crippen LogP contribution in [0.5, 0.6) is 0 Å². The fraction of sp³-hybridized carbons (Fsp3) is 0.417. The normalized spacial score (nSPS) is 11.6. The summed E-state index contributed by atoms with van der Waals surface area (Å²) < 4.78 is 29.1. The average Bonchev–Trinajstić information content (AvgIpc) is 2.33. The van der Waals surface area contributed by atoms with E-state index >= 15 is 0 Å². The van der Waals surface area contributed by atoms with E-state index in [2.05, 4.69) is 0 Å². The molecule has 0 radical (unpaired) electrons. The monoisotopic (exact) mass is 340 g/mol. The quantitative estimate of drug-likeness (QED) is 0.772. The number of carbonyl (C=O) groups is 1. The highest BCUT2D eigenvalue weighted by Crippen LogP contribution is 2.29. The van der Waals surface area contributed by atoms with Crippen molar-refractivity contribution in [1.82, 2.24) is 0 Å². The van der Waals surface area contributed by atoms with Crippen molar-refractivity contribution >= 4 is 39.0 Å². The summed E-state index contributed by atoms with van der Waals surface area (Å²) in [4.78, 5) is 10.8. The maximum absolute atomic E-state index is 12.1. The van der Waals surface area contributed by atoms with E-state index in [9.17, 15) is 13.2 Å². The molecule has 0 aliphatic carbocycles. The van der Waals surface area contributed by atoms with Gasteiger partial charge in [-0.15, -0.1) is 0 Å². The van der Waals surface area contributed by atoms with Gasteiger partial charge >= 0.3 is 5.97 Å². The molecule has 0 aliphatic heterocycles. The molecule has 0 aromatic heterocycles. The van der Waals surface area contributed by atoms with Crippen LogP contribution < -0.4 is 0 Å². The Hall–Kier alpha value is -0.820. The Morgan fingerprint density at radius 2 is 1.90 bits per heavy atom. The molecule has 20 heavy (non-hydrogen) atoms. The number of benzene rings is 1. The van der Waals surface area contributed by atoms with Crippen LogP contribution in [0, 0.1) is 0 Å². The molecule has 0 fully saturated rings. The summed E-state index contributed by atoms with van der Waals surface area (Å²) >= 11 is 11.6. The van der Waals surface area contributed by atoms with E-state index in [1.807, 2.05) is 0 Å². The number of methoxy groups -OCH3 is 1. The molecule has 1 rings (SSSR count). The first-order chi connectivity index (χ1) is 9.29. The number of ether oxygens (including phenoxy) is 1. The van der Waals surface area contributed by atoms with Crippen LogP contribution >= 0.6 is 23.2 Å². The van der Waals surface area contributed by atoms with E-state index in [0.717, 1.165) is 12.1 Å². The summed E-state index contributed by atoms with van der Waals surface area (Å²) in [6.45, 7) is 0.463. The topological polar surface area (TPSA) is 80.7 Å². The van der Waals surface area contributed by atoms with Gasteiger partial charge in [0.1, 0.15) is 0 Å². The lowest BCUT2D eigenvalue weighted by Gasteiger charge is -2.09. The van der Waals surface area contributed by atoms with Crippen molar-refractivity contribution < 1.29 is 23.1 Å². The lowest BCUT2D eigenvalue weighted by molar-refractivity contribution is 0.0697. The van der Waals surface area contributed by atoms with Crippen LogP contribution in [0.2, 0.25) is 10.0 Å². The highest BCUT2D eigenvalue weighted by atomic mass is 35.5. The maximum atomic E-state index is 12.1. The molecule has 1 aromatic rings. The highest BCUT2D eigenvalue weighted by molar-refractivity contribution is 7.91. The largest absolute Gasteiger partial charge is 0.478 e. The van der Waals surface area contributed by atoms with Crippen LogP contribution in [-0.2, 0) is 14.6 Å². The number of rotatable bonds is 7. The third-order valence-corrected chi connectivity index (χ3v) is 5.17. The molecule has 1 aromatic carbocycles. The zero-order valence-corrected chi connectivity index (χ0v) is 13.1. The third kappa shape index (κ3) is 4.34. The standard InChI is InChI=1S/C12H14Cl2O5S/c1-19-4-2-3-5-20(17,18)11-6-8(12(15)16)9(13)7-10(11)14/h6-7H,2-5H2,1H3,(H,15,16). The fourth-order valence-electron chi connectivity index (χ4n) is 1.58. The minimum Gasteiger partial charge on any atom is -0.478 e. The summed E-state index contributed by atoms with van der Waals surface area (Å²) in [5.41, 5.74) is -0.286. The molecule has 0 bridgehead atoms. The summed E-state index contributed by atoms with van der Waals surface area (Å²) in [6.07, 6.45) is 0.990. The van der Waals surface area contributed by atoms with Crippen LogP contribution in [0.15, 0.2) is 17.0 Å². The zero-order valence-electron chi connectivity index (χ0n) is 10.7. The van der Waals surface area contributed by atoms with Gasteiger partial charge in [-0.25, -0.2) is 13.2 Å². The molecule has 1 N–H and O–H groups in total. The van der Waals surface area contributed by atoms with Crippen molar-refractivity contribution in [2.75, 3.05) is 19.5 Å². The van der Waals surface area contributed by atoms with Gasteiger partial charge in [0.05, 0.1) is 26.3 Å².